The second-order valence-electron chi connectivity index (χ2n) is 3.56. The summed E-state index contributed by atoms with van der Waals surface area (Å²) >= 11 is 0. The van der Waals surface area contributed by atoms with E-state index >= 15 is 0 Å². The van der Waals surface area contributed by atoms with Crippen molar-refractivity contribution in [2.24, 2.45) is 0 Å². The summed E-state index contributed by atoms with van der Waals surface area (Å²) in [6, 6.07) is 5.88. The van der Waals surface area contributed by atoms with Gasteiger partial charge in [0.05, 0.1) is 12.2 Å². The van der Waals surface area contributed by atoms with Crippen LogP contribution in [0.1, 0.15) is 18.5 Å². The molecule has 0 saturated carbocycles. The highest BCUT2D eigenvalue weighted by atomic mass is 19.1. The molecular weight excluding hydrogens is 223 g/mol. The molecule has 2 aromatic rings. The molecule has 0 amide bonds. The van der Waals surface area contributed by atoms with Gasteiger partial charge in [0.1, 0.15) is 12.0 Å². The standard InChI is InChI=1S/C11H11FN4O/c1-8(9-2-4-10(12)5-3-9)15-11-13-6-7-14-16(11)17/h2-8H,1H3,(H,13,15). The lowest BCUT2D eigenvalue weighted by atomic mass is 10.1. The first-order chi connectivity index (χ1) is 8.16. The third-order valence-corrected chi connectivity index (χ3v) is 2.33. The second kappa shape index (κ2) is 4.73. The van der Waals surface area contributed by atoms with E-state index in [1.54, 1.807) is 12.1 Å². The summed E-state index contributed by atoms with van der Waals surface area (Å²) in [5.41, 5.74) is 0.858. The summed E-state index contributed by atoms with van der Waals surface area (Å²) in [5.74, 6) is -0.177. The van der Waals surface area contributed by atoms with Crippen LogP contribution in [0.4, 0.5) is 10.3 Å². The average molecular weight is 234 g/mol. The van der Waals surface area contributed by atoms with Crippen LogP contribution in [0.15, 0.2) is 36.7 Å². The van der Waals surface area contributed by atoms with Gasteiger partial charge in [-0.2, -0.15) is 0 Å². The van der Waals surface area contributed by atoms with Gasteiger partial charge in [-0.15, -0.1) is 9.94 Å². The molecule has 0 fully saturated rings. The molecule has 0 aliphatic heterocycles. The van der Waals surface area contributed by atoms with Crippen LogP contribution in [0.2, 0.25) is 0 Å². The zero-order valence-corrected chi connectivity index (χ0v) is 9.17. The van der Waals surface area contributed by atoms with Gasteiger partial charge in [0, 0.05) is 0 Å². The fraction of sp³-hybridized carbons (Fsp3) is 0.182. The van der Waals surface area contributed by atoms with Crippen molar-refractivity contribution in [2.45, 2.75) is 13.0 Å². The van der Waals surface area contributed by atoms with Crippen molar-refractivity contribution >= 4 is 5.95 Å². The van der Waals surface area contributed by atoms with Crippen LogP contribution < -0.4 is 10.2 Å². The summed E-state index contributed by atoms with van der Waals surface area (Å²) in [7, 11) is 0. The molecule has 1 N–H and O–H groups in total. The fourth-order valence-electron chi connectivity index (χ4n) is 1.42. The summed E-state index contributed by atoms with van der Waals surface area (Å²) in [5, 5.41) is 17.7. The number of benzene rings is 1. The zero-order chi connectivity index (χ0) is 12.3. The molecule has 1 atom stereocenters. The Balaban J connectivity index is 2.14. The van der Waals surface area contributed by atoms with Gasteiger partial charge in [-0.05, 0) is 24.6 Å². The Labute approximate surface area is 97.5 Å². The monoisotopic (exact) mass is 234 g/mol. The molecule has 1 unspecified atom stereocenters. The summed E-state index contributed by atoms with van der Waals surface area (Å²) in [6.45, 7) is 1.85. The number of aromatic nitrogens is 3. The number of hydrogen-bond donors (Lipinski definition) is 1. The van der Waals surface area contributed by atoms with Crippen LogP contribution in [0.5, 0.6) is 0 Å². The molecule has 1 heterocycles. The first-order valence-corrected chi connectivity index (χ1v) is 5.09. The Morgan fingerprint density at radius 1 is 1.29 bits per heavy atom. The molecule has 6 heteroatoms. The highest BCUT2D eigenvalue weighted by Crippen LogP contribution is 2.15. The highest BCUT2D eigenvalue weighted by Gasteiger charge is 2.13. The molecular formula is C11H11FN4O. The molecule has 0 spiro atoms. The van der Waals surface area contributed by atoms with Crippen LogP contribution in [0.25, 0.3) is 0 Å². The van der Waals surface area contributed by atoms with E-state index in [0.29, 0.717) is 4.85 Å². The molecule has 0 aliphatic carbocycles. The molecule has 1 aromatic heterocycles. The quantitative estimate of drug-likeness (QED) is 0.644. The minimum absolute atomic E-state index is 0.115. The van der Waals surface area contributed by atoms with Crippen molar-refractivity contribution in [2.75, 3.05) is 5.32 Å². The third-order valence-electron chi connectivity index (χ3n) is 2.33. The van der Waals surface area contributed by atoms with Gasteiger partial charge in [-0.25, -0.2) is 4.39 Å². The van der Waals surface area contributed by atoms with Gasteiger partial charge >= 0.3 is 5.95 Å². The van der Waals surface area contributed by atoms with E-state index in [2.05, 4.69) is 15.4 Å². The summed E-state index contributed by atoms with van der Waals surface area (Å²) in [4.78, 5) is 4.27. The van der Waals surface area contributed by atoms with Crippen molar-refractivity contribution in [1.82, 2.24) is 10.1 Å². The molecule has 2 rings (SSSR count). The molecule has 1 aromatic carbocycles. The topological polar surface area (TPSA) is 64.8 Å². The molecule has 0 bridgehead atoms. The molecule has 0 radical (unpaired) electrons. The van der Waals surface area contributed by atoms with Gasteiger partial charge in [-0.1, -0.05) is 17.1 Å². The Bertz CT molecular complexity index is 503. The average Bonchev–Trinajstić information content (AvgIpc) is 2.33. The van der Waals surface area contributed by atoms with E-state index in [9.17, 15) is 9.60 Å². The number of halogens is 1. The van der Waals surface area contributed by atoms with E-state index < -0.39 is 0 Å². The van der Waals surface area contributed by atoms with Crippen molar-refractivity contribution in [3.05, 3.63) is 53.2 Å². The lowest BCUT2D eigenvalue weighted by Gasteiger charge is -2.11. The lowest BCUT2D eigenvalue weighted by molar-refractivity contribution is -0.657. The summed E-state index contributed by atoms with van der Waals surface area (Å²) < 4.78 is 12.7. The molecule has 5 nitrogen and oxygen atoms in total. The van der Waals surface area contributed by atoms with Gasteiger partial charge in [-0.3, -0.25) is 5.32 Å². The zero-order valence-electron chi connectivity index (χ0n) is 9.17. The maximum absolute atomic E-state index is 12.7. The second-order valence-corrected chi connectivity index (χ2v) is 3.56. The molecule has 0 aliphatic rings. The van der Waals surface area contributed by atoms with E-state index in [1.807, 2.05) is 6.92 Å². The van der Waals surface area contributed by atoms with Crippen molar-refractivity contribution < 1.29 is 9.24 Å². The number of nitrogens with zero attached hydrogens (tertiary/aromatic N) is 3. The normalized spacial score (nSPS) is 12.1. The van der Waals surface area contributed by atoms with Crippen LogP contribution in [0.3, 0.4) is 0 Å². The van der Waals surface area contributed by atoms with Crippen LogP contribution in [-0.2, 0) is 0 Å². The molecule has 17 heavy (non-hydrogen) atoms. The SMILES string of the molecule is CC(Nc1nccn[n+]1[O-])c1ccc(F)cc1. The summed E-state index contributed by atoms with van der Waals surface area (Å²) in [6.07, 6.45) is 2.73. The van der Waals surface area contributed by atoms with Gasteiger partial charge in [0.2, 0.25) is 0 Å². The largest absolute Gasteiger partial charge is 0.722 e. The van der Waals surface area contributed by atoms with E-state index in [1.165, 1.54) is 24.5 Å². The molecule has 0 saturated heterocycles. The number of nitrogens with one attached hydrogen (secondary N) is 1. The Kier molecular flexibility index (Phi) is 3.13. The van der Waals surface area contributed by atoms with Crippen LogP contribution in [-0.4, -0.2) is 10.1 Å². The lowest BCUT2D eigenvalue weighted by Crippen LogP contribution is -2.36. The number of rotatable bonds is 3. The minimum Gasteiger partial charge on any atom is -0.722 e. The Hall–Kier alpha value is -2.24. The molecule has 88 valence electrons. The Morgan fingerprint density at radius 3 is 2.65 bits per heavy atom. The first-order valence-electron chi connectivity index (χ1n) is 5.09. The van der Waals surface area contributed by atoms with E-state index in [-0.39, 0.29) is 17.8 Å². The third kappa shape index (κ3) is 2.66. The predicted molar refractivity (Wildman–Crippen MR) is 59.4 cm³/mol. The van der Waals surface area contributed by atoms with Gasteiger partial charge < -0.3 is 5.21 Å². The van der Waals surface area contributed by atoms with E-state index in [4.69, 9.17) is 0 Å². The van der Waals surface area contributed by atoms with Crippen molar-refractivity contribution in [3.63, 3.8) is 0 Å². The first kappa shape index (κ1) is 11.3. The Morgan fingerprint density at radius 2 is 2.00 bits per heavy atom. The van der Waals surface area contributed by atoms with E-state index in [0.717, 1.165) is 5.56 Å². The maximum atomic E-state index is 12.7. The van der Waals surface area contributed by atoms with Crippen LogP contribution in [0, 0.1) is 11.0 Å². The van der Waals surface area contributed by atoms with Gasteiger partial charge in [0.15, 0.2) is 0 Å². The van der Waals surface area contributed by atoms with Crippen LogP contribution >= 0.6 is 0 Å². The minimum atomic E-state index is -0.292. The predicted octanol–water partition coefficient (Wildman–Crippen LogP) is 1.42. The number of anilines is 1. The van der Waals surface area contributed by atoms with Gasteiger partial charge in [0.25, 0.3) is 0 Å². The fourth-order valence-corrected chi connectivity index (χ4v) is 1.42. The maximum Gasteiger partial charge on any atom is 0.412 e. The highest BCUT2D eigenvalue weighted by molar-refractivity contribution is 5.27. The van der Waals surface area contributed by atoms with Crippen molar-refractivity contribution in [1.29, 1.82) is 0 Å². The van der Waals surface area contributed by atoms with Crippen molar-refractivity contribution in [3.8, 4) is 0 Å². The smallest absolute Gasteiger partial charge is 0.412 e. The number of hydrogen-bond acceptors (Lipinski definition) is 4.